The Kier molecular flexibility index (Phi) is 6.91. The van der Waals surface area contributed by atoms with Crippen LogP contribution in [0.15, 0.2) is 54.5 Å². The molecular weight excluding hydrogens is 396 g/mol. The van der Waals surface area contributed by atoms with E-state index in [2.05, 4.69) is 57.5 Å². The third-order valence-corrected chi connectivity index (χ3v) is 6.28. The van der Waals surface area contributed by atoms with Gasteiger partial charge in [-0.25, -0.2) is 4.98 Å². The van der Waals surface area contributed by atoms with Gasteiger partial charge in [-0.05, 0) is 68.5 Å². The molecule has 1 aliphatic rings. The van der Waals surface area contributed by atoms with E-state index < -0.39 is 0 Å². The van der Waals surface area contributed by atoms with Gasteiger partial charge in [-0.2, -0.15) is 0 Å². The van der Waals surface area contributed by atoms with Crippen LogP contribution < -0.4 is 5.73 Å². The lowest BCUT2D eigenvalue weighted by atomic mass is 9.93. The molecule has 1 fully saturated rings. The monoisotopic (exact) mass is 428 g/mol. The normalized spacial score (nSPS) is 15.8. The van der Waals surface area contributed by atoms with E-state index in [4.69, 9.17) is 10.8 Å². The maximum Gasteiger partial charge on any atom is 0.138 e. The maximum atomic E-state index is 9.14. The molecule has 0 aliphatic carbocycles. The van der Waals surface area contributed by atoms with Gasteiger partial charge in [0, 0.05) is 47.6 Å². The summed E-state index contributed by atoms with van der Waals surface area (Å²) in [6.07, 6.45) is 8.99. The summed E-state index contributed by atoms with van der Waals surface area (Å²) in [5.74, 6) is 0.680. The fourth-order valence-corrected chi connectivity index (χ4v) is 4.54. The van der Waals surface area contributed by atoms with Crippen LogP contribution in [-0.4, -0.2) is 39.7 Å². The van der Waals surface area contributed by atoms with Crippen molar-refractivity contribution in [3.05, 3.63) is 71.4 Å². The highest BCUT2D eigenvalue weighted by Crippen LogP contribution is 2.29. The number of hydrogen-bond acceptors (Lipinski definition) is 4. The van der Waals surface area contributed by atoms with Crippen LogP contribution in [-0.2, 0) is 6.54 Å². The molecule has 5 heteroatoms. The van der Waals surface area contributed by atoms with Gasteiger partial charge in [0.15, 0.2) is 0 Å². The summed E-state index contributed by atoms with van der Waals surface area (Å²) in [7, 11) is 0. The van der Waals surface area contributed by atoms with Gasteiger partial charge in [0.05, 0.1) is 5.69 Å². The summed E-state index contributed by atoms with van der Waals surface area (Å²) in [6, 6.07) is 10.9. The molecule has 0 unspecified atom stereocenters. The molecule has 32 heavy (non-hydrogen) atoms. The van der Waals surface area contributed by atoms with Crippen LogP contribution in [0.5, 0.6) is 0 Å². The average Bonchev–Trinajstić information content (AvgIpc) is 3.12. The van der Waals surface area contributed by atoms with Crippen LogP contribution in [0.25, 0.3) is 34.3 Å². The minimum atomic E-state index is 0.311. The molecule has 0 atom stereocenters. The largest absolute Gasteiger partial charge is 0.402 e. The lowest BCUT2D eigenvalue weighted by Gasteiger charge is -2.31. The standard InChI is InChI=1S/C27H32N4O/c1-3-4-26-24(15-19(2)28)25-16-23(17-29-27(25)30-26)22-7-5-21(6-8-22)18-31-12-9-20(10-13-31)11-14-32/h4-8,15-17,20,32H,1,9-14,18,28H2,2H3,(H,29,30)/b19-15+. The number of aliphatic hydroxyl groups excluding tert-OH is 1. The highest BCUT2D eigenvalue weighted by molar-refractivity contribution is 5.93. The minimum Gasteiger partial charge on any atom is -0.402 e. The molecule has 4 N–H and O–H groups in total. The van der Waals surface area contributed by atoms with Crippen molar-refractivity contribution in [3.63, 3.8) is 0 Å². The molecule has 5 nitrogen and oxygen atoms in total. The number of pyridine rings is 1. The van der Waals surface area contributed by atoms with E-state index in [0.29, 0.717) is 12.5 Å². The van der Waals surface area contributed by atoms with Gasteiger partial charge in [0.25, 0.3) is 0 Å². The van der Waals surface area contributed by atoms with Gasteiger partial charge in [0.1, 0.15) is 5.65 Å². The summed E-state index contributed by atoms with van der Waals surface area (Å²) >= 11 is 0. The van der Waals surface area contributed by atoms with Crippen molar-refractivity contribution in [2.24, 2.45) is 11.7 Å². The van der Waals surface area contributed by atoms with Crippen molar-refractivity contribution >= 4 is 23.2 Å². The zero-order valence-corrected chi connectivity index (χ0v) is 18.8. The smallest absolute Gasteiger partial charge is 0.138 e. The minimum absolute atomic E-state index is 0.311. The zero-order valence-electron chi connectivity index (χ0n) is 18.8. The molecule has 0 spiro atoms. The summed E-state index contributed by atoms with van der Waals surface area (Å²) in [5.41, 5.74) is 15.8. The highest BCUT2D eigenvalue weighted by atomic mass is 16.3. The van der Waals surface area contributed by atoms with Crippen LogP contribution >= 0.6 is 0 Å². The lowest BCUT2D eigenvalue weighted by molar-refractivity contribution is 0.153. The van der Waals surface area contributed by atoms with Gasteiger partial charge in [-0.1, -0.05) is 30.8 Å². The van der Waals surface area contributed by atoms with Crippen molar-refractivity contribution < 1.29 is 5.11 Å². The molecule has 0 bridgehead atoms. The molecule has 3 heterocycles. The fraction of sp³-hybridized carbons (Fsp3) is 0.333. The Balaban J connectivity index is 1.53. The molecule has 4 rings (SSSR count). The molecule has 1 saturated heterocycles. The van der Waals surface area contributed by atoms with Crippen LogP contribution in [0, 0.1) is 5.92 Å². The average molecular weight is 429 g/mol. The predicted molar refractivity (Wildman–Crippen MR) is 133 cm³/mol. The number of aromatic nitrogens is 2. The SMILES string of the molecule is C=C=Cc1[nH]c2ncc(-c3ccc(CN4CCC(CCO)CC4)cc3)cc2c1/C=C(\C)N. The second-order valence-corrected chi connectivity index (χ2v) is 8.74. The number of aromatic amines is 1. The molecule has 0 radical (unpaired) electrons. The first kappa shape index (κ1) is 22.1. The molecular formula is C27H32N4O. The van der Waals surface area contributed by atoms with E-state index in [-0.39, 0.29) is 0 Å². The van der Waals surface area contributed by atoms with Gasteiger partial charge in [-0.15, -0.1) is 5.73 Å². The number of allylic oxidation sites excluding steroid dienone is 1. The van der Waals surface area contributed by atoms with Crippen LogP contribution in [0.3, 0.4) is 0 Å². The zero-order chi connectivity index (χ0) is 22.5. The Bertz CT molecular complexity index is 1140. The Morgan fingerprint density at radius 2 is 2.03 bits per heavy atom. The Morgan fingerprint density at radius 1 is 1.28 bits per heavy atom. The topological polar surface area (TPSA) is 78.2 Å². The second-order valence-electron chi connectivity index (χ2n) is 8.74. The number of hydrogen-bond donors (Lipinski definition) is 3. The van der Waals surface area contributed by atoms with Gasteiger partial charge in [-0.3, -0.25) is 4.90 Å². The second kappa shape index (κ2) is 10.0. The van der Waals surface area contributed by atoms with Gasteiger partial charge < -0.3 is 15.8 Å². The number of nitrogens with two attached hydrogens (primary N) is 1. The van der Waals surface area contributed by atoms with Gasteiger partial charge >= 0.3 is 0 Å². The Labute approximate surface area is 190 Å². The molecule has 166 valence electrons. The number of likely N-dealkylation sites (tertiary alicyclic amines) is 1. The van der Waals surface area contributed by atoms with Crippen LogP contribution in [0.1, 0.15) is 43.0 Å². The van der Waals surface area contributed by atoms with Crippen molar-refractivity contribution in [3.8, 4) is 11.1 Å². The molecule has 3 aromatic rings. The Morgan fingerprint density at radius 3 is 2.69 bits per heavy atom. The number of aliphatic hydroxyl groups is 1. The van der Waals surface area contributed by atoms with E-state index in [1.165, 1.54) is 18.4 Å². The predicted octanol–water partition coefficient (Wildman–Crippen LogP) is 4.94. The first-order valence-corrected chi connectivity index (χ1v) is 11.3. The maximum absolute atomic E-state index is 9.14. The number of benzene rings is 1. The number of rotatable bonds is 7. The molecule has 0 amide bonds. The van der Waals surface area contributed by atoms with E-state index in [0.717, 1.165) is 65.2 Å². The number of fused-ring (bicyclic) bond motifs is 1. The quantitative estimate of drug-likeness (QED) is 0.466. The first-order valence-electron chi connectivity index (χ1n) is 11.3. The summed E-state index contributed by atoms with van der Waals surface area (Å²) < 4.78 is 0. The fourth-order valence-electron chi connectivity index (χ4n) is 4.54. The number of piperidine rings is 1. The molecule has 2 aromatic heterocycles. The molecule has 1 aliphatic heterocycles. The number of nitrogens with zero attached hydrogens (tertiary/aromatic N) is 2. The van der Waals surface area contributed by atoms with E-state index in [9.17, 15) is 0 Å². The first-order chi connectivity index (χ1) is 15.6. The Hall–Kier alpha value is -3.11. The van der Waals surface area contributed by atoms with Crippen molar-refractivity contribution in [1.82, 2.24) is 14.9 Å². The van der Waals surface area contributed by atoms with Crippen molar-refractivity contribution in [2.75, 3.05) is 19.7 Å². The number of nitrogens with one attached hydrogen (secondary N) is 1. The van der Waals surface area contributed by atoms with E-state index in [1.54, 1.807) is 0 Å². The number of H-pyrrole nitrogens is 1. The summed E-state index contributed by atoms with van der Waals surface area (Å²) in [4.78, 5) is 10.5. The molecule has 1 aromatic carbocycles. The van der Waals surface area contributed by atoms with Crippen molar-refractivity contribution in [2.45, 2.75) is 32.7 Å². The van der Waals surface area contributed by atoms with Crippen molar-refractivity contribution in [1.29, 1.82) is 0 Å². The van der Waals surface area contributed by atoms with E-state index in [1.807, 2.05) is 25.3 Å². The van der Waals surface area contributed by atoms with Gasteiger partial charge in [0.2, 0.25) is 0 Å². The highest BCUT2D eigenvalue weighted by Gasteiger charge is 2.18. The third-order valence-electron chi connectivity index (χ3n) is 6.28. The third kappa shape index (κ3) is 5.03. The van der Waals surface area contributed by atoms with Crippen LogP contribution in [0.4, 0.5) is 0 Å². The molecule has 0 saturated carbocycles. The lowest BCUT2D eigenvalue weighted by Crippen LogP contribution is -2.33. The van der Waals surface area contributed by atoms with Crippen LogP contribution in [0.2, 0.25) is 0 Å². The summed E-state index contributed by atoms with van der Waals surface area (Å²) in [5, 5.41) is 10.2. The van der Waals surface area contributed by atoms with E-state index >= 15 is 0 Å². The summed E-state index contributed by atoms with van der Waals surface area (Å²) in [6.45, 7) is 9.07.